The van der Waals surface area contributed by atoms with E-state index in [1.807, 2.05) is 11.0 Å². The minimum atomic E-state index is 0.0656. The van der Waals surface area contributed by atoms with E-state index in [2.05, 4.69) is 48.3 Å². The van der Waals surface area contributed by atoms with Crippen molar-refractivity contribution in [1.29, 1.82) is 0 Å². The van der Waals surface area contributed by atoms with E-state index in [0.717, 1.165) is 39.1 Å². The van der Waals surface area contributed by atoms with Crippen LogP contribution in [0.25, 0.3) is 0 Å². The fraction of sp³-hybridized carbons (Fsp3) is 0.619. The van der Waals surface area contributed by atoms with Gasteiger partial charge in [0, 0.05) is 45.2 Å². The van der Waals surface area contributed by atoms with E-state index in [0.29, 0.717) is 19.0 Å². The third-order valence-corrected chi connectivity index (χ3v) is 5.71. The van der Waals surface area contributed by atoms with Crippen LogP contribution in [0.4, 0.5) is 0 Å². The number of carbonyl (C=O) groups is 2. The first-order valence-corrected chi connectivity index (χ1v) is 10.1. The van der Waals surface area contributed by atoms with Gasteiger partial charge in [0.15, 0.2) is 0 Å². The molecule has 2 fully saturated rings. The number of nitrogens with zero attached hydrogens (tertiary/aromatic N) is 3. The van der Waals surface area contributed by atoms with Gasteiger partial charge in [0.1, 0.15) is 6.54 Å². The minimum Gasteiger partial charge on any atom is -0.339 e. The van der Waals surface area contributed by atoms with Gasteiger partial charge in [-0.05, 0) is 17.9 Å². The van der Waals surface area contributed by atoms with E-state index in [1.54, 1.807) is 4.90 Å². The van der Waals surface area contributed by atoms with Crippen molar-refractivity contribution in [3.63, 3.8) is 0 Å². The molecule has 2 heterocycles. The summed E-state index contributed by atoms with van der Waals surface area (Å²) in [6, 6.07) is 10.7. The maximum atomic E-state index is 12.6. The Morgan fingerprint density at radius 1 is 1.15 bits per heavy atom. The highest BCUT2D eigenvalue weighted by molar-refractivity contribution is 5.85. The van der Waals surface area contributed by atoms with E-state index in [-0.39, 0.29) is 24.4 Å². The van der Waals surface area contributed by atoms with Crippen molar-refractivity contribution in [1.82, 2.24) is 20.0 Å². The molecule has 1 aromatic carbocycles. The summed E-state index contributed by atoms with van der Waals surface area (Å²) in [5, 5.41) is 3.37. The molecule has 0 bridgehead atoms. The summed E-state index contributed by atoms with van der Waals surface area (Å²) in [6.45, 7) is 9.23. The molecule has 0 spiro atoms. The molecule has 6 nitrogen and oxygen atoms in total. The average molecular weight is 373 g/mol. The summed E-state index contributed by atoms with van der Waals surface area (Å²) in [4.78, 5) is 30.9. The van der Waals surface area contributed by atoms with Crippen molar-refractivity contribution in [2.24, 2.45) is 5.92 Å². The highest BCUT2D eigenvalue weighted by atomic mass is 16.2. The molecule has 2 amide bonds. The molecule has 1 aromatic rings. The topological polar surface area (TPSA) is 55.9 Å². The Bertz CT molecular complexity index is 626. The molecule has 0 aromatic heterocycles. The Morgan fingerprint density at radius 2 is 1.85 bits per heavy atom. The van der Waals surface area contributed by atoms with E-state index in [4.69, 9.17) is 0 Å². The van der Waals surface area contributed by atoms with E-state index in [9.17, 15) is 9.59 Å². The number of piperazine rings is 1. The average Bonchev–Trinajstić information content (AvgIpc) is 2.69. The van der Waals surface area contributed by atoms with Crippen LogP contribution in [0, 0.1) is 5.92 Å². The number of benzene rings is 1. The first-order valence-electron chi connectivity index (χ1n) is 10.1. The normalized spacial score (nSPS) is 21.7. The highest BCUT2D eigenvalue weighted by Gasteiger charge is 2.30. The van der Waals surface area contributed by atoms with Gasteiger partial charge in [-0.2, -0.15) is 0 Å². The smallest absolute Gasteiger partial charge is 0.242 e. The van der Waals surface area contributed by atoms with Gasteiger partial charge in [0.2, 0.25) is 11.8 Å². The van der Waals surface area contributed by atoms with Gasteiger partial charge in [-0.1, -0.05) is 44.2 Å². The highest BCUT2D eigenvalue weighted by Crippen LogP contribution is 2.13. The summed E-state index contributed by atoms with van der Waals surface area (Å²) < 4.78 is 0. The van der Waals surface area contributed by atoms with Crippen molar-refractivity contribution in [3.05, 3.63) is 35.9 Å². The van der Waals surface area contributed by atoms with Crippen molar-refractivity contribution < 1.29 is 9.59 Å². The van der Waals surface area contributed by atoms with Gasteiger partial charge in [-0.25, -0.2) is 0 Å². The second kappa shape index (κ2) is 9.33. The van der Waals surface area contributed by atoms with Crippen LogP contribution in [0.2, 0.25) is 0 Å². The summed E-state index contributed by atoms with van der Waals surface area (Å²) in [5.74, 6) is 0.578. The lowest BCUT2D eigenvalue weighted by molar-refractivity contribution is -0.144. The first-order chi connectivity index (χ1) is 13.0. The molecule has 27 heavy (non-hydrogen) atoms. The summed E-state index contributed by atoms with van der Waals surface area (Å²) in [6.07, 6.45) is 1.53. The standard InChI is InChI=1S/C21H32N4O2/c1-17(2)19-14-20(26)25(16-22-19)15-21(27)24-12-10-23(11-13-24)9-8-18-6-4-3-5-7-18/h3-7,17,19,22H,8-16H2,1-2H3. The number of nitrogens with one attached hydrogen (secondary N) is 1. The molecule has 148 valence electrons. The summed E-state index contributed by atoms with van der Waals surface area (Å²) in [5.41, 5.74) is 1.35. The number of hydrogen-bond donors (Lipinski definition) is 1. The van der Waals surface area contributed by atoms with Gasteiger partial charge in [-0.15, -0.1) is 0 Å². The van der Waals surface area contributed by atoms with Crippen LogP contribution in [0.3, 0.4) is 0 Å². The van der Waals surface area contributed by atoms with Crippen LogP contribution in [0.1, 0.15) is 25.8 Å². The fourth-order valence-electron chi connectivity index (χ4n) is 3.74. The molecule has 3 rings (SSSR count). The van der Waals surface area contributed by atoms with Crippen LogP contribution in [-0.4, -0.2) is 78.5 Å². The second-order valence-corrected chi connectivity index (χ2v) is 7.97. The van der Waals surface area contributed by atoms with Crippen molar-refractivity contribution in [3.8, 4) is 0 Å². The summed E-state index contributed by atoms with van der Waals surface area (Å²) in [7, 11) is 0. The zero-order valence-corrected chi connectivity index (χ0v) is 16.6. The van der Waals surface area contributed by atoms with Gasteiger partial charge in [0.05, 0.1) is 6.67 Å². The van der Waals surface area contributed by atoms with Crippen LogP contribution in [0.5, 0.6) is 0 Å². The largest absolute Gasteiger partial charge is 0.339 e. The lowest BCUT2D eigenvalue weighted by atomic mass is 9.99. The van der Waals surface area contributed by atoms with Gasteiger partial charge in [-0.3, -0.25) is 19.8 Å². The maximum Gasteiger partial charge on any atom is 0.242 e. The van der Waals surface area contributed by atoms with E-state index >= 15 is 0 Å². The lowest BCUT2D eigenvalue weighted by Crippen LogP contribution is -2.57. The van der Waals surface area contributed by atoms with E-state index in [1.165, 1.54) is 5.56 Å². The molecule has 1 N–H and O–H groups in total. The lowest BCUT2D eigenvalue weighted by Gasteiger charge is -2.38. The Kier molecular flexibility index (Phi) is 6.85. The Hall–Kier alpha value is -1.92. The molecular weight excluding hydrogens is 340 g/mol. The van der Waals surface area contributed by atoms with Crippen LogP contribution < -0.4 is 5.32 Å². The third-order valence-electron chi connectivity index (χ3n) is 5.71. The number of amides is 2. The van der Waals surface area contributed by atoms with Crippen LogP contribution >= 0.6 is 0 Å². The summed E-state index contributed by atoms with van der Waals surface area (Å²) >= 11 is 0. The molecule has 0 radical (unpaired) electrons. The number of hydrogen-bond acceptors (Lipinski definition) is 4. The van der Waals surface area contributed by atoms with Crippen molar-refractivity contribution >= 4 is 11.8 Å². The zero-order valence-electron chi connectivity index (χ0n) is 16.6. The molecule has 2 aliphatic rings. The van der Waals surface area contributed by atoms with Gasteiger partial charge >= 0.3 is 0 Å². The molecule has 1 unspecified atom stereocenters. The SMILES string of the molecule is CC(C)C1CC(=O)N(CC(=O)N2CCN(CCc3ccccc3)CC2)CN1. The molecule has 0 saturated carbocycles. The molecule has 0 aliphatic carbocycles. The third kappa shape index (κ3) is 5.53. The van der Waals surface area contributed by atoms with Crippen LogP contribution in [-0.2, 0) is 16.0 Å². The predicted octanol–water partition coefficient (Wildman–Crippen LogP) is 1.18. The maximum absolute atomic E-state index is 12.6. The minimum absolute atomic E-state index is 0.0656. The van der Waals surface area contributed by atoms with Gasteiger partial charge < -0.3 is 9.80 Å². The van der Waals surface area contributed by atoms with E-state index < -0.39 is 0 Å². The molecular formula is C21H32N4O2. The monoisotopic (exact) mass is 372 g/mol. The quantitative estimate of drug-likeness (QED) is 0.815. The Morgan fingerprint density at radius 3 is 2.48 bits per heavy atom. The zero-order chi connectivity index (χ0) is 19.2. The number of carbonyl (C=O) groups excluding carboxylic acids is 2. The Balaban J connectivity index is 1.39. The Labute approximate surface area is 162 Å². The predicted molar refractivity (Wildman–Crippen MR) is 106 cm³/mol. The van der Waals surface area contributed by atoms with Gasteiger partial charge in [0.25, 0.3) is 0 Å². The molecule has 2 saturated heterocycles. The molecule has 1 atom stereocenters. The number of rotatable bonds is 6. The van der Waals surface area contributed by atoms with Crippen LogP contribution in [0.15, 0.2) is 30.3 Å². The molecule has 6 heteroatoms. The first kappa shape index (κ1) is 19.8. The fourth-order valence-corrected chi connectivity index (χ4v) is 3.74. The second-order valence-electron chi connectivity index (χ2n) is 7.97. The van der Waals surface area contributed by atoms with Crippen molar-refractivity contribution in [2.45, 2.75) is 32.7 Å². The molecule has 2 aliphatic heterocycles. The van der Waals surface area contributed by atoms with Crippen molar-refractivity contribution in [2.75, 3.05) is 45.9 Å².